The zero-order valence-corrected chi connectivity index (χ0v) is 11.8. The van der Waals surface area contributed by atoms with Gasteiger partial charge in [0.05, 0.1) is 0 Å². The highest BCUT2D eigenvalue weighted by atomic mass is 16.4. The number of hydrogen-bond acceptors (Lipinski definition) is 3. The van der Waals surface area contributed by atoms with Crippen molar-refractivity contribution in [2.45, 2.75) is 18.9 Å². The topological polar surface area (TPSA) is 75.3 Å². The van der Waals surface area contributed by atoms with Crippen molar-refractivity contribution in [2.24, 2.45) is 5.73 Å². The number of para-hydroxylation sites is 1. The van der Waals surface area contributed by atoms with Crippen LogP contribution in [0, 0.1) is 0 Å². The summed E-state index contributed by atoms with van der Waals surface area (Å²) >= 11 is 0. The monoisotopic (exact) mass is 284 g/mol. The van der Waals surface area contributed by atoms with Crippen LogP contribution in [-0.4, -0.2) is 23.7 Å². The van der Waals surface area contributed by atoms with Crippen LogP contribution in [0.3, 0.4) is 0 Å². The number of hydrogen-bond donors (Lipinski definition) is 3. The fraction of sp³-hybridized carbons (Fsp3) is 0.235. The van der Waals surface area contributed by atoms with Crippen LogP contribution in [0.4, 0.5) is 5.69 Å². The number of nitrogens with two attached hydrogens (primary N) is 1. The summed E-state index contributed by atoms with van der Waals surface area (Å²) in [5.41, 5.74) is 8.76. The van der Waals surface area contributed by atoms with Crippen molar-refractivity contribution in [3.63, 3.8) is 0 Å². The number of carbonyl (C=O) groups is 1. The molecule has 1 atom stereocenters. The van der Waals surface area contributed by atoms with Gasteiger partial charge in [0.2, 0.25) is 0 Å². The van der Waals surface area contributed by atoms with Gasteiger partial charge in [-0.1, -0.05) is 48.5 Å². The minimum Gasteiger partial charge on any atom is -0.480 e. The number of nitrogens with one attached hydrogen (secondary N) is 1. The van der Waals surface area contributed by atoms with Gasteiger partial charge in [-0.2, -0.15) is 0 Å². The maximum absolute atomic E-state index is 10.9. The molecule has 0 unspecified atom stereocenters. The Hall–Kier alpha value is -2.33. The third-order valence-corrected chi connectivity index (χ3v) is 3.35. The molecule has 0 radical (unpaired) electrons. The largest absolute Gasteiger partial charge is 0.480 e. The minimum absolute atomic E-state index is 0.323. The van der Waals surface area contributed by atoms with Crippen molar-refractivity contribution in [2.75, 3.05) is 11.9 Å². The molecule has 4 nitrogen and oxygen atoms in total. The molecule has 0 saturated carbocycles. The maximum atomic E-state index is 10.9. The van der Waals surface area contributed by atoms with Gasteiger partial charge in [-0.15, -0.1) is 0 Å². The first kappa shape index (κ1) is 15.1. The molecule has 110 valence electrons. The molecule has 0 fully saturated rings. The molecule has 0 aliphatic heterocycles. The standard InChI is InChI=1S/C17H20N2O2/c18-15(17(20)21)12-14-8-4-5-9-16(14)19-11-10-13-6-2-1-3-7-13/h1-9,15,19H,10-12,18H2,(H,20,21)/t15-/m0/s1. The summed E-state index contributed by atoms with van der Waals surface area (Å²) in [7, 11) is 0. The van der Waals surface area contributed by atoms with Crippen LogP contribution >= 0.6 is 0 Å². The maximum Gasteiger partial charge on any atom is 0.320 e. The van der Waals surface area contributed by atoms with Gasteiger partial charge in [0.25, 0.3) is 0 Å². The van der Waals surface area contributed by atoms with Crippen molar-refractivity contribution in [1.29, 1.82) is 0 Å². The quantitative estimate of drug-likeness (QED) is 0.729. The van der Waals surface area contributed by atoms with E-state index in [-0.39, 0.29) is 0 Å². The normalized spacial score (nSPS) is 11.9. The van der Waals surface area contributed by atoms with Gasteiger partial charge in [0.15, 0.2) is 0 Å². The zero-order valence-electron chi connectivity index (χ0n) is 11.8. The Morgan fingerprint density at radius 1 is 1.10 bits per heavy atom. The highest BCUT2D eigenvalue weighted by Gasteiger charge is 2.14. The van der Waals surface area contributed by atoms with E-state index >= 15 is 0 Å². The lowest BCUT2D eigenvalue weighted by Crippen LogP contribution is -2.32. The Morgan fingerprint density at radius 3 is 2.48 bits per heavy atom. The molecule has 0 spiro atoms. The van der Waals surface area contributed by atoms with Crippen LogP contribution in [0.15, 0.2) is 54.6 Å². The van der Waals surface area contributed by atoms with Crippen molar-refractivity contribution in [3.8, 4) is 0 Å². The van der Waals surface area contributed by atoms with Crippen molar-refractivity contribution in [3.05, 3.63) is 65.7 Å². The van der Waals surface area contributed by atoms with Crippen molar-refractivity contribution < 1.29 is 9.90 Å². The molecule has 4 heteroatoms. The van der Waals surface area contributed by atoms with Gasteiger partial charge in [0.1, 0.15) is 6.04 Å². The number of anilines is 1. The molecule has 0 saturated heterocycles. The third kappa shape index (κ3) is 4.61. The van der Waals surface area contributed by atoms with Gasteiger partial charge in [-0.05, 0) is 23.6 Å². The van der Waals surface area contributed by atoms with E-state index in [4.69, 9.17) is 10.8 Å². The average molecular weight is 284 g/mol. The van der Waals surface area contributed by atoms with Crippen molar-refractivity contribution in [1.82, 2.24) is 0 Å². The van der Waals surface area contributed by atoms with Gasteiger partial charge >= 0.3 is 5.97 Å². The fourth-order valence-corrected chi connectivity index (χ4v) is 2.18. The summed E-state index contributed by atoms with van der Waals surface area (Å²) in [4.78, 5) is 10.9. The van der Waals surface area contributed by atoms with Gasteiger partial charge in [0, 0.05) is 18.7 Å². The lowest BCUT2D eigenvalue weighted by atomic mass is 10.0. The molecule has 0 aliphatic carbocycles. The molecule has 2 aromatic rings. The zero-order chi connectivity index (χ0) is 15.1. The van der Waals surface area contributed by atoms with E-state index in [0.29, 0.717) is 6.42 Å². The van der Waals surface area contributed by atoms with E-state index in [0.717, 1.165) is 24.2 Å². The number of carboxylic acids is 1. The Morgan fingerprint density at radius 2 is 1.76 bits per heavy atom. The first-order chi connectivity index (χ1) is 10.2. The third-order valence-electron chi connectivity index (χ3n) is 3.35. The lowest BCUT2D eigenvalue weighted by molar-refractivity contribution is -0.138. The van der Waals surface area contributed by atoms with E-state index in [9.17, 15) is 4.79 Å². The Kier molecular flexibility index (Phi) is 5.35. The van der Waals surface area contributed by atoms with Gasteiger partial charge in [-0.3, -0.25) is 4.79 Å². The Bertz CT molecular complexity index is 584. The molecule has 21 heavy (non-hydrogen) atoms. The first-order valence-corrected chi connectivity index (χ1v) is 7.01. The predicted octanol–water partition coefficient (Wildman–Crippen LogP) is 2.30. The number of aliphatic carboxylic acids is 1. The predicted molar refractivity (Wildman–Crippen MR) is 84.4 cm³/mol. The van der Waals surface area contributed by atoms with E-state index in [1.807, 2.05) is 42.5 Å². The van der Waals surface area contributed by atoms with E-state index in [2.05, 4.69) is 17.4 Å². The molecular formula is C17H20N2O2. The van der Waals surface area contributed by atoms with Crippen LogP contribution in [0.2, 0.25) is 0 Å². The molecule has 0 aromatic heterocycles. The molecule has 2 rings (SSSR count). The van der Waals surface area contributed by atoms with Crippen molar-refractivity contribution >= 4 is 11.7 Å². The highest BCUT2D eigenvalue weighted by molar-refractivity contribution is 5.74. The minimum atomic E-state index is -0.978. The second-order valence-electron chi connectivity index (χ2n) is 4.97. The van der Waals surface area contributed by atoms with E-state index in [1.165, 1.54) is 5.56 Å². The molecule has 0 aliphatic rings. The molecular weight excluding hydrogens is 264 g/mol. The molecule has 0 heterocycles. The van der Waals surface area contributed by atoms with Gasteiger partial charge < -0.3 is 16.2 Å². The first-order valence-electron chi connectivity index (χ1n) is 7.01. The second-order valence-corrected chi connectivity index (χ2v) is 4.97. The molecule has 4 N–H and O–H groups in total. The average Bonchev–Trinajstić information content (AvgIpc) is 2.50. The summed E-state index contributed by atoms with van der Waals surface area (Å²) < 4.78 is 0. The Balaban J connectivity index is 1.95. The summed E-state index contributed by atoms with van der Waals surface area (Å²) in [5, 5.41) is 12.3. The van der Waals surface area contributed by atoms with Crippen LogP contribution in [0.25, 0.3) is 0 Å². The highest BCUT2D eigenvalue weighted by Crippen LogP contribution is 2.16. The number of rotatable bonds is 7. The van der Waals surface area contributed by atoms with E-state index < -0.39 is 12.0 Å². The summed E-state index contributed by atoms with van der Waals surface area (Å²) in [5.74, 6) is -0.978. The number of benzene rings is 2. The van der Waals surface area contributed by atoms with Crippen LogP contribution in [-0.2, 0) is 17.6 Å². The van der Waals surface area contributed by atoms with E-state index in [1.54, 1.807) is 0 Å². The summed E-state index contributed by atoms with van der Waals surface area (Å²) in [6.07, 6.45) is 1.24. The Labute approximate surface area is 124 Å². The van der Waals surface area contributed by atoms with Crippen LogP contribution < -0.4 is 11.1 Å². The lowest BCUT2D eigenvalue weighted by Gasteiger charge is -2.13. The van der Waals surface area contributed by atoms with Gasteiger partial charge in [-0.25, -0.2) is 0 Å². The van der Waals surface area contributed by atoms with Crippen LogP contribution in [0.1, 0.15) is 11.1 Å². The smallest absolute Gasteiger partial charge is 0.320 e. The summed E-state index contributed by atoms with van der Waals surface area (Å²) in [6.45, 7) is 0.795. The summed E-state index contributed by atoms with van der Waals surface area (Å²) in [6, 6.07) is 17.0. The SMILES string of the molecule is N[C@@H](Cc1ccccc1NCCc1ccccc1)C(=O)O. The fourth-order valence-electron chi connectivity index (χ4n) is 2.18. The molecule has 0 amide bonds. The second kappa shape index (κ2) is 7.45. The number of carboxylic acid groups (broad SMARTS) is 1. The molecule has 2 aromatic carbocycles. The molecule has 0 bridgehead atoms. The van der Waals surface area contributed by atoms with Crippen LogP contribution in [0.5, 0.6) is 0 Å².